The van der Waals surface area contributed by atoms with Gasteiger partial charge < -0.3 is 9.84 Å². The number of unbranched alkanes of at least 4 members (excludes halogenated alkanes) is 20. The fourth-order valence-corrected chi connectivity index (χ4v) is 4.79. The van der Waals surface area contributed by atoms with Crippen LogP contribution >= 0.6 is 0 Å². The van der Waals surface area contributed by atoms with E-state index in [2.05, 4.69) is 19.1 Å². The maximum atomic E-state index is 12.1. The van der Waals surface area contributed by atoms with Gasteiger partial charge in [0.25, 0.3) is 0 Å². The van der Waals surface area contributed by atoms with Gasteiger partial charge in [-0.1, -0.05) is 128 Å². The van der Waals surface area contributed by atoms with Crippen LogP contribution in [-0.4, -0.2) is 23.1 Å². The molecule has 0 heterocycles. The van der Waals surface area contributed by atoms with Crippen molar-refractivity contribution in [1.29, 1.82) is 0 Å². The highest BCUT2D eigenvalue weighted by Crippen LogP contribution is 2.15. The predicted octanol–water partition coefficient (Wildman–Crippen LogP) is 10.7. The van der Waals surface area contributed by atoms with Crippen LogP contribution in [0.1, 0.15) is 181 Å². The Morgan fingerprint density at radius 2 is 1.00 bits per heavy atom. The first-order valence-electron chi connectivity index (χ1n) is 16.1. The van der Waals surface area contributed by atoms with Gasteiger partial charge in [0.05, 0.1) is 6.10 Å². The van der Waals surface area contributed by atoms with Crippen molar-refractivity contribution in [3.63, 3.8) is 0 Å². The number of allylic oxidation sites excluding steroid dienone is 2. The summed E-state index contributed by atoms with van der Waals surface area (Å²) >= 11 is 0. The van der Waals surface area contributed by atoms with E-state index in [1.807, 2.05) is 6.92 Å². The second kappa shape index (κ2) is 29.2. The summed E-state index contributed by atoms with van der Waals surface area (Å²) in [5, 5.41) is 8.62. The zero-order valence-corrected chi connectivity index (χ0v) is 24.8. The van der Waals surface area contributed by atoms with E-state index in [0.717, 1.165) is 38.5 Å². The average molecular weight is 523 g/mol. The van der Waals surface area contributed by atoms with Gasteiger partial charge in [0.2, 0.25) is 0 Å². The molecule has 4 nitrogen and oxygen atoms in total. The molecule has 0 fully saturated rings. The van der Waals surface area contributed by atoms with Gasteiger partial charge in [-0.3, -0.25) is 9.59 Å². The number of hydrogen-bond acceptors (Lipinski definition) is 3. The largest absolute Gasteiger partial charge is 0.481 e. The Bertz CT molecular complexity index is 528. The molecule has 1 atom stereocenters. The number of hydrogen-bond donors (Lipinski definition) is 1. The van der Waals surface area contributed by atoms with Gasteiger partial charge in [0, 0.05) is 12.8 Å². The predicted molar refractivity (Wildman–Crippen MR) is 158 cm³/mol. The van der Waals surface area contributed by atoms with E-state index in [0.29, 0.717) is 12.8 Å². The molecule has 0 bridgehead atoms. The molecule has 218 valence electrons. The number of esters is 1. The van der Waals surface area contributed by atoms with Gasteiger partial charge in [0.1, 0.15) is 0 Å². The second-order valence-corrected chi connectivity index (χ2v) is 11.1. The number of carbonyl (C=O) groups excluding carboxylic acids is 1. The molecule has 4 heteroatoms. The van der Waals surface area contributed by atoms with Crippen LogP contribution in [0.4, 0.5) is 0 Å². The van der Waals surface area contributed by atoms with Crippen LogP contribution in [0.2, 0.25) is 0 Å². The lowest BCUT2D eigenvalue weighted by Gasteiger charge is -2.13. The van der Waals surface area contributed by atoms with Crippen LogP contribution in [0.15, 0.2) is 12.2 Å². The topological polar surface area (TPSA) is 63.6 Å². The summed E-state index contributed by atoms with van der Waals surface area (Å²) in [6.07, 6.45) is 34.8. The minimum absolute atomic E-state index is 0.00928. The first kappa shape index (κ1) is 35.7. The van der Waals surface area contributed by atoms with E-state index in [-0.39, 0.29) is 12.1 Å². The molecule has 0 rings (SSSR count). The van der Waals surface area contributed by atoms with Crippen molar-refractivity contribution in [2.75, 3.05) is 0 Å². The third kappa shape index (κ3) is 30.8. The lowest BCUT2D eigenvalue weighted by Crippen LogP contribution is -2.14. The van der Waals surface area contributed by atoms with Gasteiger partial charge in [-0.15, -0.1) is 0 Å². The highest BCUT2D eigenvalue weighted by atomic mass is 16.5. The number of ether oxygens (including phenoxy) is 1. The molecule has 0 amide bonds. The Balaban J connectivity index is 3.31. The molecule has 37 heavy (non-hydrogen) atoms. The normalized spacial score (nSPS) is 12.3. The fourth-order valence-electron chi connectivity index (χ4n) is 4.79. The van der Waals surface area contributed by atoms with Crippen molar-refractivity contribution < 1.29 is 19.4 Å². The van der Waals surface area contributed by atoms with Crippen molar-refractivity contribution in [2.45, 2.75) is 187 Å². The molecule has 0 aliphatic carbocycles. The lowest BCUT2D eigenvalue weighted by molar-refractivity contribution is -0.148. The number of aliphatic carboxylic acids is 1. The molecule has 0 aliphatic heterocycles. The quantitative estimate of drug-likeness (QED) is 0.0602. The van der Waals surface area contributed by atoms with E-state index < -0.39 is 5.97 Å². The van der Waals surface area contributed by atoms with E-state index >= 15 is 0 Å². The highest BCUT2D eigenvalue weighted by Gasteiger charge is 2.09. The Kier molecular flexibility index (Phi) is 28.2. The second-order valence-electron chi connectivity index (χ2n) is 11.1. The Morgan fingerprint density at radius 1 is 0.595 bits per heavy atom. The minimum atomic E-state index is -0.670. The molecular weight excluding hydrogens is 460 g/mol. The van der Waals surface area contributed by atoms with Gasteiger partial charge in [-0.2, -0.15) is 0 Å². The summed E-state index contributed by atoms with van der Waals surface area (Å²) in [6, 6.07) is 0. The first-order valence-corrected chi connectivity index (χ1v) is 16.1. The van der Waals surface area contributed by atoms with Crippen LogP contribution in [0.25, 0.3) is 0 Å². The molecule has 0 aromatic heterocycles. The fraction of sp³-hybridized carbons (Fsp3) is 0.879. The zero-order chi connectivity index (χ0) is 27.2. The molecule has 0 saturated carbocycles. The Labute approximate surface area is 230 Å². The van der Waals surface area contributed by atoms with E-state index in [1.54, 1.807) is 0 Å². The molecule has 0 aromatic rings. The number of carboxylic acid groups (broad SMARTS) is 1. The maximum Gasteiger partial charge on any atom is 0.306 e. The van der Waals surface area contributed by atoms with E-state index in [1.165, 1.54) is 116 Å². The van der Waals surface area contributed by atoms with Gasteiger partial charge in [0.15, 0.2) is 0 Å². The number of carbonyl (C=O) groups is 2. The average Bonchev–Trinajstić information content (AvgIpc) is 2.86. The highest BCUT2D eigenvalue weighted by molar-refractivity contribution is 5.69. The standard InChI is InChI=1S/C33H62O4/c1-3-4-5-6-7-8-9-15-18-21-24-27-30-33(36)37-31(2)28-25-22-19-16-13-11-10-12-14-17-20-23-26-29-32(34)35/h6-7,31H,3-5,8-30H2,1-2H3,(H,34,35)/b7-6-. The van der Waals surface area contributed by atoms with Crippen molar-refractivity contribution >= 4 is 11.9 Å². The lowest BCUT2D eigenvalue weighted by atomic mass is 10.0. The summed E-state index contributed by atoms with van der Waals surface area (Å²) in [6.45, 7) is 4.28. The van der Waals surface area contributed by atoms with Gasteiger partial charge in [-0.05, 0) is 51.9 Å². The molecule has 0 aliphatic rings. The third-order valence-corrected chi connectivity index (χ3v) is 7.23. The van der Waals surface area contributed by atoms with Crippen LogP contribution in [-0.2, 0) is 14.3 Å². The van der Waals surface area contributed by atoms with Gasteiger partial charge >= 0.3 is 11.9 Å². The molecule has 1 unspecified atom stereocenters. The summed E-state index contributed by atoms with van der Waals surface area (Å²) in [4.78, 5) is 22.5. The maximum absolute atomic E-state index is 12.1. The molecule has 0 spiro atoms. The Morgan fingerprint density at radius 3 is 1.49 bits per heavy atom. The van der Waals surface area contributed by atoms with Gasteiger partial charge in [-0.25, -0.2) is 0 Å². The Hall–Kier alpha value is -1.32. The van der Waals surface area contributed by atoms with Crippen molar-refractivity contribution in [3.8, 4) is 0 Å². The third-order valence-electron chi connectivity index (χ3n) is 7.23. The molecule has 0 aromatic carbocycles. The minimum Gasteiger partial charge on any atom is -0.481 e. The monoisotopic (exact) mass is 522 g/mol. The molecule has 0 radical (unpaired) electrons. The van der Waals surface area contributed by atoms with Crippen LogP contribution < -0.4 is 0 Å². The van der Waals surface area contributed by atoms with Crippen molar-refractivity contribution in [2.24, 2.45) is 0 Å². The molecular formula is C33H62O4. The molecule has 0 saturated heterocycles. The van der Waals surface area contributed by atoms with E-state index in [9.17, 15) is 9.59 Å². The number of carboxylic acids is 1. The SMILES string of the molecule is CCCC/C=C\CCCCCCCCC(=O)OC(C)CCCCCCCCCCCCCCCC(=O)O. The zero-order valence-electron chi connectivity index (χ0n) is 24.8. The first-order chi connectivity index (χ1) is 18.1. The summed E-state index contributed by atoms with van der Waals surface area (Å²) < 4.78 is 5.60. The van der Waals surface area contributed by atoms with Crippen molar-refractivity contribution in [1.82, 2.24) is 0 Å². The summed E-state index contributed by atoms with van der Waals surface area (Å²) in [5.41, 5.74) is 0. The van der Waals surface area contributed by atoms with Crippen LogP contribution in [0, 0.1) is 0 Å². The van der Waals surface area contributed by atoms with Crippen LogP contribution in [0.5, 0.6) is 0 Å². The summed E-state index contributed by atoms with van der Waals surface area (Å²) in [5.74, 6) is -0.679. The number of rotatable bonds is 29. The van der Waals surface area contributed by atoms with Crippen molar-refractivity contribution in [3.05, 3.63) is 12.2 Å². The summed E-state index contributed by atoms with van der Waals surface area (Å²) in [7, 11) is 0. The molecule has 1 N–H and O–H groups in total. The van der Waals surface area contributed by atoms with Crippen LogP contribution in [0.3, 0.4) is 0 Å². The smallest absolute Gasteiger partial charge is 0.306 e. The van der Waals surface area contributed by atoms with E-state index in [4.69, 9.17) is 9.84 Å².